The Hall–Kier alpha value is -2.69. The second kappa shape index (κ2) is 17.3. The molecule has 9 nitrogen and oxygen atoms in total. The number of benzene rings is 2. The third kappa shape index (κ3) is 14.5. The van der Waals surface area contributed by atoms with Crippen molar-refractivity contribution in [2.75, 3.05) is 23.7 Å². The molecule has 0 heterocycles. The van der Waals surface area contributed by atoms with Crippen LogP contribution in [0.5, 0.6) is 0 Å². The maximum Gasteiger partial charge on any atom is 0.307 e. The highest BCUT2D eigenvalue weighted by atomic mass is 35.5. The van der Waals surface area contributed by atoms with Gasteiger partial charge >= 0.3 is 5.97 Å². The number of aryl methyl sites for hydroxylation is 2. The number of nitrogens with two attached hydrogens (primary N) is 1. The Morgan fingerprint density at radius 1 is 0.822 bits per heavy atom. The molecule has 2 saturated carbocycles. The van der Waals surface area contributed by atoms with Crippen LogP contribution in [-0.4, -0.2) is 54.6 Å². The molecule has 0 spiro atoms. The predicted octanol–water partition coefficient (Wildman–Crippen LogP) is 6.13. The van der Waals surface area contributed by atoms with E-state index in [-0.39, 0.29) is 24.2 Å². The zero-order valence-corrected chi connectivity index (χ0v) is 28.6. The molecule has 11 heteroatoms. The first-order valence-electron chi connectivity index (χ1n) is 15.8. The lowest BCUT2D eigenvalue weighted by Gasteiger charge is -2.22. The van der Waals surface area contributed by atoms with E-state index in [4.69, 9.17) is 33.7 Å². The monoisotopic (exact) mass is 661 g/mol. The molecule has 0 aromatic heterocycles. The van der Waals surface area contributed by atoms with Crippen LogP contribution in [0.15, 0.2) is 36.4 Å². The molecule has 0 aliphatic heterocycles. The largest absolute Gasteiger partial charge is 0.460 e. The second-order valence-electron chi connectivity index (χ2n) is 13.0. The van der Waals surface area contributed by atoms with Crippen LogP contribution in [0.3, 0.4) is 0 Å². The predicted molar refractivity (Wildman–Crippen MR) is 183 cm³/mol. The SMILES string of the molecule is Cc1cc(NC(=O)[C@@H](N)CCNC2CC2)ccc1Cl.Cc1cc(NC(=O)[C@H](CCNC2CC2)CC(=O)OC(C)(C)C)ccc1Cl. The molecule has 2 aliphatic rings. The summed E-state index contributed by atoms with van der Waals surface area (Å²) < 4.78 is 5.39. The number of carbonyl (C=O) groups is 3. The molecule has 0 radical (unpaired) electrons. The number of amides is 2. The van der Waals surface area contributed by atoms with Crippen LogP contribution in [0.1, 0.15) is 76.8 Å². The molecule has 2 fully saturated rings. The second-order valence-corrected chi connectivity index (χ2v) is 13.8. The molecule has 2 aromatic rings. The van der Waals surface area contributed by atoms with E-state index in [0.717, 1.165) is 23.4 Å². The smallest absolute Gasteiger partial charge is 0.307 e. The maximum atomic E-state index is 12.7. The number of rotatable bonds is 14. The van der Waals surface area contributed by atoms with Crippen molar-refractivity contribution in [3.63, 3.8) is 0 Å². The van der Waals surface area contributed by atoms with Crippen molar-refractivity contribution >= 4 is 52.4 Å². The fourth-order valence-corrected chi connectivity index (χ4v) is 4.68. The van der Waals surface area contributed by atoms with Gasteiger partial charge in [0, 0.05) is 39.4 Å². The van der Waals surface area contributed by atoms with Gasteiger partial charge in [-0.05, 0) is 134 Å². The summed E-state index contributed by atoms with van der Waals surface area (Å²) in [6, 6.07) is 11.5. The zero-order chi connectivity index (χ0) is 33.1. The van der Waals surface area contributed by atoms with Crippen LogP contribution >= 0.6 is 23.2 Å². The minimum atomic E-state index is -0.558. The van der Waals surface area contributed by atoms with E-state index < -0.39 is 17.6 Å². The molecule has 6 N–H and O–H groups in total. The van der Waals surface area contributed by atoms with E-state index >= 15 is 0 Å². The summed E-state index contributed by atoms with van der Waals surface area (Å²) in [7, 11) is 0. The van der Waals surface area contributed by atoms with E-state index in [9.17, 15) is 14.4 Å². The number of carbonyl (C=O) groups excluding carboxylic acids is 3. The van der Waals surface area contributed by atoms with E-state index in [1.54, 1.807) is 24.3 Å². The van der Waals surface area contributed by atoms with Crippen molar-refractivity contribution in [3.05, 3.63) is 57.6 Å². The molecular weight excluding hydrogens is 613 g/mol. The Kier molecular flexibility index (Phi) is 14.1. The van der Waals surface area contributed by atoms with Gasteiger partial charge in [0.15, 0.2) is 0 Å². The highest BCUT2D eigenvalue weighted by Crippen LogP contribution is 2.23. The van der Waals surface area contributed by atoms with Gasteiger partial charge in [0.2, 0.25) is 11.8 Å². The van der Waals surface area contributed by atoms with E-state index in [2.05, 4.69) is 21.3 Å². The minimum Gasteiger partial charge on any atom is -0.460 e. The Morgan fingerprint density at radius 2 is 1.29 bits per heavy atom. The summed E-state index contributed by atoms with van der Waals surface area (Å²) in [6.45, 7) is 10.8. The Balaban J connectivity index is 0.000000257. The summed E-state index contributed by atoms with van der Waals surface area (Å²) in [5.41, 5.74) is 8.55. The van der Waals surface area contributed by atoms with Gasteiger partial charge in [0.05, 0.1) is 12.5 Å². The molecule has 2 aromatic carbocycles. The highest BCUT2D eigenvalue weighted by Gasteiger charge is 2.27. The molecule has 2 atom stereocenters. The first-order chi connectivity index (χ1) is 21.2. The van der Waals surface area contributed by atoms with Crippen molar-refractivity contribution in [1.82, 2.24) is 10.6 Å². The third-order valence-corrected chi connectivity index (χ3v) is 8.21. The Bertz CT molecular complexity index is 1310. The van der Waals surface area contributed by atoms with Gasteiger partial charge in [0.1, 0.15) is 5.60 Å². The fourth-order valence-electron chi connectivity index (χ4n) is 4.45. The quantitative estimate of drug-likeness (QED) is 0.154. The summed E-state index contributed by atoms with van der Waals surface area (Å²) in [4.78, 5) is 36.8. The first kappa shape index (κ1) is 36.8. The molecule has 0 unspecified atom stereocenters. The molecule has 0 saturated heterocycles. The molecule has 2 amide bonds. The van der Waals surface area contributed by atoms with Crippen molar-refractivity contribution in [3.8, 4) is 0 Å². The standard InChI is InChI=1S/C20H29ClN2O3.C14H20ClN3O/c1-13-11-16(7-8-17(13)21)23-19(25)14(9-10-22-15-5-6-15)12-18(24)26-20(2,3)4;1-9-8-11(4-5-12(9)15)18-14(19)13(16)6-7-17-10-2-3-10/h7-8,11,14-15,22H,5-6,9-10,12H2,1-4H3,(H,23,25);4-5,8,10,13,17H,2-3,6-7,16H2,1H3,(H,18,19)/t14-;13-/m10/s1. The molecule has 4 rings (SSSR count). The van der Waals surface area contributed by atoms with Crippen LogP contribution in [0.4, 0.5) is 11.4 Å². The number of halogens is 2. The van der Waals surface area contributed by atoms with Gasteiger partial charge < -0.3 is 31.7 Å². The van der Waals surface area contributed by atoms with E-state index in [1.807, 2.05) is 46.8 Å². The number of nitrogens with one attached hydrogen (secondary N) is 4. The molecule has 2 aliphatic carbocycles. The third-order valence-electron chi connectivity index (χ3n) is 7.36. The topological polar surface area (TPSA) is 135 Å². The maximum absolute atomic E-state index is 12.7. The van der Waals surface area contributed by atoms with Crippen LogP contribution < -0.4 is 27.0 Å². The normalized spacial score (nSPS) is 15.7. The average molecular weight is 663 g/mol. The number of hydrogen-bond acceptors (Lipinski definition) is 7. The number of hydrogen-bond donors (Lipinski definition) is 5. The summed E-state index contributed by atoms with van der Waals surface area (Å²) in [5.74, 6) is -1.11. The molecule has 248 valence electrons. The van der Waals surface area contributed by atoms with Crippen molar-refractivity contribution in [2.24, 2.45) is 11.7 Å². The van der Waals surface area contributed by atoms with Crippen LogP contribution in [0, 0.1) is 19.8 Å². The van der Waals surface area contributed by atoms with Gasteiger partial charge in [-0.1, -0.05) is 23.2 Å². The van der Waals surface area contributed by atoms with E-state index in [0.29, 0.717) is 47.2 Å². The van der Waals surface area contributed by atoms with Crippen LogP contribution in [0.2, 0.25) is 10.0 Å². The summed E-state index contributed by atoms with van der Waals surface area (Å²) in [5, 5.41) is 13.8. The number of anilines is 2. The number of ether oxygens (including phenoxy) is 1. The van der Waals surface area contributed by atoms with Crippen molar-refractivity contribution < 1.29 is 19.1 Å². The lowest BCUT2D eigenvalue weighted by atomic mass is 9.99. The first-order valence-corrected chi connectivity index (χ1v) is 16.5. The van der Waals surface area contributed by atoms with E-state index in [1.165, 1.54) is 25.7 Å². The van der Waals surface area contributed by atoms with Gasteiger partial charge in [-0.15, -0.1) is 0 Å². The van der Waals surface area contributed by atoms with Gasteiger partial charge in [0.25, 0.3) is 0 Å². The van der Waals surface area contributed by atoms with Crippen LogP contribution in [0.25, 0.3) is 0 Å². The fraction of sp³-hybridized carbons (Fsp3) is 0.559. The number of esters is 1. The van der Waals surface area contributed by atoms with Gasteiger partial charge in [-0.25, -0.2) is 0 Å². The minimum absolute atomic E-state index is 0.0715. The molecule has 45 heavy (non-hydrogen) atoms. The lowest BCUT2D eigenvalue weighted by Crippen LogP contribution is -2.38. The lowest BCUT2D eigenvalue weighted by molar-refractivity contribution is -0.157. The molecule has 0 bridgehead atoms. The molecular formula is C34H49Cl2N5O4. The zero-order valence-electron chi connectivity index (χ0n) is 27.1. The Labute approximate surface area is 277 Å². The van der Waals surface area contributed by atoms with Crippen LogP contribution in [-0.2, 0) is 19.1 Å². The van der Waals surface area contributed by atoms with Gasteiger partial charge in [-0.2, -0.15) is 0 Å². The average Bonchev–Trinajstić information content (AvgIpc) is 3.88. The summed E-state index contributed by atoms with van der Waals surface area (Å²) in [6.07, 6.45) is 6.17. The highest BCUT2D eigenvalue weighted by molar-refractivity contribution is 6.31. The van der Waals surface area contributed by atoms with Crippen molar-refractivity contribution in [1.29, 1.82) is 0 Å². The van der Waals surface area contributed by atoms with Gasteiger partial charge in [-0.3, -0.25) is 14.4 Å². The van der Waals surface area contributed by atoms with Crippen molar-refractivity contribution in [2.45, 2.75) is 103 Å². The Morgan fingerprint density at radius 3 is 1.73 bits per heavy atom. The summed E-state index contributed by atoms with van der Waals surface area (Å²) >= 11 is 12.0.